The van der Waals surface area contributed by atoms with Crippen LogP contribution in [-0.4, -0.2) is 62.3 Å². The number of nitrogens with one attached hydrogen (secondary N) is 1. The molecule has 3 rings (SSSR count). The molecule has 2 aliphatic rings. The Morgan fingerprint density at radius 2 is 1.69 bits per heavy atom. The van der Waals surface area contributed by atoms with Crippen molar-refractivity contribution in [3.63, 3.8) is 0 Å². The highest BCUT2D eigenvalue weighted by atomic mass is 32.2. The fraction of sp³-hybridized carbons (Fsp3) is 0.312. The topological polar surface area (TPSA) is 124 Å². The second kappa shape index (κ2) is 7.16. The number of imide groups is 2. The molecule has 0 spiro atoms. The fourth-order valence-corrected chi connectivity index (χ4v) is 3.67. The molecule has 0 aromatic heterocycles. The molecule has 2 aliphatic heterocycles. The van der Waals surface area contributed by atoms with E-state index in [0.717, 1.165) is 21.6 Å². The van der Waals surface area contributed by atoms with Crippen LogP contribution < -0.4 is 5.32 Å². The van der Waals surface area contributed by atoms with Crippen molar-refractivity contribution in [3.8, 4) is 0 Å². The van der Waals surface area contributed by atoms with E-state index in [-0.39, 0.29) is 49.0 Å². The van der Waals surface area contributed by atoms with Crippen LogP contribution in [0.3, 0.4) is 0 Å². The number of para-hydroxylation sites is 1. The summed E-state index contributed by atoms with van der Waals surface area (Å²) < 4.78 is 0. The molecule has 1 atom stereocenters. The number of carbonyl (C=O) groups excluding carboxylic acids is 4. The van der Waals surface area contributed by atoms with Gasteiger partial charge in [0.15, 0.2) is 5.37 Å². The molecular weight excluding hydrogens is 362 g/mol. The Bertz CT molecular complexity index is 795. The van der Waals surface area contributed by atoms with Gasteiger partial charge in [-0.2, -0.15) is 0 Å². The average Bonchev–Trinajstić information content (AvgIpc) is 3.06. The van der Waals surface area contributed by atoms with Crippen molar-refractivity contribution in [1.29, 1.82) is 0 Å². The normalized spacial score (nSPS) is 20.2. The summed E-state index contributed by atoms with van der Waals surface area (Å²) in [6, 6.07) is 6.06. The third-order valence-electron chi connectivity index (χ3n) is 4.08. The van der Waals surface area contributed by atoms with Gasteiger partial charge in [0, 0.05) is 31.6 Å². The second-order valence-electron chi connectivity index (χ2n) is 5.69. The van der Waals surface area contributed by atoms with Gasteiger partial charge in [-0.05, 0) is 23.9 Å². The van der Waals surface area contributed by atoms with Crippen LogP contribution in [0.25, 0.3) is 0 Å². The number of hydrogen-bond acceptors (Lipinski definition) is 7. The number of thioether (sulfide) groups is 1. The summed E-state index contributed by atoms with van der Waals surface area (Å²) in [5.41, 5.74) is 0.213. The lowest BCUT2D eigenvalue weighted by Gasteiger charge is -2.19. The predicted molar refractivity (Wildman–Crippen MR) is 91.5 cm³/mol. The number of benzene rings is 1. The Labute approximate surface area is 152 Å². The van der Waals surface area contributed by atoms with E-state index in [9.17, 15) is 29.1 Å². The summed E-state index contributed by atoms with van der Waals surface area (Å²) in [6.45, 7) is -0.116. The number of aromatic carboxylic acids is 1. The molecule has 4 amide bonds. The Kier molecular flexibility index (Phi) is 4.94. The zero-order chi connectivity index (χ0) is 18.8. The van der Waals surface area contributed by atoms with Gasteiger partial charge in [0.25, 0.3) is 11.1 Å². The summed E-state index contributed by atoms with van der Waals surface area (Å²) >= 11 is 0.726. The predicted octanol–water partition coefficient (Wildman–Crippen LogP) is 0.967. The van der Waals surface area contributed by atoms with E-state index >= 15 is 0 Å². The highest BCUT2D eigenvalue weighted by molar-refractivity contribution is 8.15. The van der Waals surface area contributed by atoms with Crippen molar-refractivity contribution < 1.29 is 29.1 Å². The minimum atomic E-state index is -1.15. The van der Waals surface area contributed by atoms with E-state index in [0.29, 0.717) is 0 Å². The molecule has 1 aromatic carbocycles. The van der Waals surface area contributed by atoms with Gasteiger partial charge in [0.2, 0.25) is 11.8 Å². The number of carboxylic acids is 1. The van der Waals surface area contributed by atoms with Crippen LogP contribution in [0.5, 0.6) is 0 Å². The monoisotopic (exact) mass is 377 g/mol. The van der Waals surface area contributed by atoms with Crippen molar-refractivity contribution in [2.45, 2.75) is 18.2 Å². The van der Waals surface area contributed by atoms with Crippen molar-refractivity contribution in [3.05, 3.63) is 29.8 Å². The first-order chi connectivity index (χ1) is 12.4. The molecule has 0 aliphatic carbocycles. The molecule has 0 radical (unpaired) electrons. The molecule has 0 unspecified atom stereocenters. The minimum Gasteiger partial charge on any atom is -0.478 e. The number of rotatable bonds is 6. The van der Waals surface area contributed by atoms with Gasteiger partial charge in [-0.25, -0.2) is 4.79 Å². The lowest BCUT2D eigenvalue weighted by molar-refractivity contribution is -0.139. The maximum atomic E-state index is 12.5. The number of anilines is 1. The molecule has 2 N–H and O–H groups in total. The minimum absolute atomic E-state index is 0.0138. The number of hydrogen-bond donors (Lipinski definition) is 2. The third-order valence-corrected chi connectivity index (χ3v) is 5.05. The first-order valence-electron chi connectivity index (χ1n) is 7.82. The van der Waals surface area contributed by atoms with Crippen molar-refractivity contribution in [1.82, 2.24) is 9.80 Å². The second-order valence-corrected chi connectivity index (χ2v) is 6.74. The Hall–Kier alpha value is -2.88. The van der Waals surface area contributed by atoms with E-state index in [2.05, 4.69) is 5.32 Å². The van der Waals surface area contributed by atoms with E-state index in [1.807, 2.05) is 0 Å². The quantitative estimate of drug-likeness (QED) is 0.703. The van der Waals surface area contributed by atoms with Gasteiger partial charge >= 0.3 is 5.97 Å². The molecule has 9 nitrogen and oxygen atoms in total. The zero-order valence-electron chi connectivity index (χ0n) is 13.5. The maximum Gasteiger partial charge on any atom is 0.337 e. The molecule has 2 saturated heterocycles. The van der Waals surface area contributed by atoms with Crippen LogP contribution in [-0.2, 0) is 14.4 Å². The summed E-state index contributed by atoms with van der Waals surface area (Å²) in [4.78, 5) is 61.0. The molecule has 2 heterocycles. The van der Waals surface area contributed by atoms with Crippen LogP contribution >= 0.6 is 11.8 Å². The third kappa shape index (κ3) is 3.40. The van der Waals surface area contributed by atoms with Crippen molar-refractivity contribution in [2.24, 2.45) is 0 Å². The first-order valence-corrected chi connectivity index (χ1v) is 8.70. The molecule has 136 valence electrons. The largest absolute Gasteiger partial charge is 0.478 e. The van der Waals surface area contributed by atoms with Crippen molar-refractivity contribution >= 4 is 46.4 Å². The van der Waals surface area contributed by atoms with Crippen LogP contribution in [0, 0.1) is 0 Å². The summed E-state index contributed by atoms with van der Waals surface area (Å²) in [7, 11) is 0. The summed E-state index contributed by atoms with van der Waals surface area (Å²) in [5.74, 6) is -2.32. The standard InChI is InChI=1S/C16H15N3O6S/c20-11-5-6-12(21)18(11)7-8-19-14(22)13(26-16(19)25)17-10-4-2-1-3-9(10)15(23)24/h1-4,13,17H,5-8H2,(H,23,24)/t13-/m1/s1. The van der Waals surface area contributed by atoms with Gasteiger partial charge in [-0.15, -0.1) is 0 Å². The van der Waals surface area contributed by atoms with Crippen LogP contribution in [0.15, 0.2) is 24.3 Å². The molecule has 26 heavy (non-hydrogen) atoms. The Morgan fingerprint density at radius 3 is 2.35 bits per heavy atom. The smallest absolute Gasteiger partial charge is 0.337 e. The number of likely N-dealkylation sites (tertiary alicyclic amines) is 1. The summed E-state index contributed by atoms with van der Waals surface area (Å²) in [6.07, 6.45) is 0.289. The SMILES string of the molecule is O=C(O)c1ccccc1N[C@@H]1SC(=O)N(CCN2C(=O)CCC2=O)C1=O. The van der Waals surface area contributed by atoms with Gasteiger partial charge < -0.3 is 10.4 Å². The van der Waals surface area contributed by atoms with E-state index in [4.69, 9.17) is 0 Å². The number of carbonyl (C=O) groups is 5. The van der Waals surface area contributed by atoms with Crippen molar-refractivity contribution in [2.75, 3.05) is 18.4 Å². The molecule has 0 bridgehead atoms. The number of amides is 4. The molecule has 0 saturated carbocycles. The highest BCUT2D eigenvalue weighted by Gasteiger charge is 2.41. The average molecular weight is 377 g/mol. The molecule has 2 fully saturated rings. The molecule has 10 heteroatoms. The van der Waals surface area contributed by atoms with E-state index < -0.39 is 22.5 Å². The van der Waals surface area contributed by atoms with Crippen LogP contribution in [0.1, 0.15) is 23.2 Å². The van der Waals surface area contributed by atoms with Crippen LogP contribution in [0.2, 0.25) is 0 Å². The maximum absolute atomic E-state index is 12.5. The highest BCUT2D eigenvalue weighted by Crippen LogP contribution is 2.29. The summed E-state index contributed by atoms with van der Waals surface area (Å²) in [5, 5.41) is 10.5. The fourth-order valence-electron chi connectivity index (χ4n) is 2.75. The number of carboxylic acid groups (broad SMARTS) is 1. The van der Waals surface area contributed by atoms with Gasteiger partial charge in [-0.3, -0.25) is 29.0 Å². The van der Waals surface area contributed by atoms with Gasteiger partial charge in [-0.1, -0.05) is 12.1 Å². The zero-order valence-corrected chi connectivity index (χ0v) is 14.3. The Balaban J connectivity index is 1.67. The van der Waals surface area contributed by atoms with E-state index in [1.165, 1.54) is 12.1 Å². The van der Waals surface area contributed by atoms with E-state index in [1.54, 1.807) is 12.1 Å². The Morgan fingerprint density at radius 1 is 1.08 bits per heavy atom. The van der Waals surface area contributed by atoms with Crippen LogP contribution in [0.4, 0.5) is 10.5 Å². The van der Waals surface area contributed by atoms with Gasteiger partial charge in [0.05, 0.1) is 5.56 Å². The molecule has 1 aromatic rings. The number of nitrogens with zero attached hydrogens (tertiary/aromatic N) is 2. The first kappa shape index (κ1) is 17.9. The molecular formula is C16H15N3O6S. The lowest BCUT2D eigenvalue weighted by atomic mass is 10.2. The lowest BCUT2D eigenvalue weighted by Crippen LogP contribution is -2.41. The van der Waals surface area contributed by atoms with Gasteiger partial charge in [0.1, 0.15) is 0 Å².